The minimum absolute atomic E-state index is 0.149. The number of fused-ring (bicyclic) bond motifs is 1. The van der Waals surface area contributed by atoms with Gasteiger partial charge in [0.15, 0.2) is 5.78 Å². The molecule has 5 heteroatoms. The molecule has 0 aromatic heterocycles. The number of halogens is 2. The van der Waals surface area contributed by atoms with Crippen LogP contribution in [0.2, 0.25) is 10.0 Å². The fraction of sp³-hybridized carbons (Fsp3) is 0.250. The number of carbonyl (C=O) groups is 1. The van der Waals surface area contributed by atoms with E-state index in [1.807, 2.05) is 26.0 Å². The average Bonchev–Trinajstić information content (AvgIpc) is 2.93. The van der Waals surface area contributed by atoms with Gasteiger partial charge in [0.25, 0.3) is 0 Å². The van der Waals surface area contributed by atoms with Gasteiger partial charge in [0, 0.05) is 28.1 Å². The van der Waals surface area contributed by atoms with E-state index in [0.717, 1.165) is 29.0 Å². The van der Waals surface area contributed by atoms with Gasteiger partial charge in [-0.05, 0) is 56.3 Å². The molecule has 0 saturated heterocycles. The summed E-state index contributed by atoms with van der Waals surface area (Å²) in [4.78, 5) is 12.4. The Morgan fingerprint density at radius 3 is 2.88 bits per heavy atom. The van der Waals surface area contributed by atoms with E-state index in [-0.39, 0.29) is 11.9 Å². The van der Waals surface area contributed by atoms with Gasteiger partial charge < -0.3 is 9.47 Å². The van der Waals surface area contributed by atoms with Crippen molar-refractivity contribution in [1.82, 2.24) is 0 Å². The highest BCUT2D eigenvalue weighted by Crippen LogP contribution is 2.36. The molecular formula is C20H18Cl2O3. The molecule has 0 bridgehead atoms. The van der Waals surface area contributed by atoms with Crippen LogP contribution in [0.4, 0.5) is 0 Å². The maximum Gasteiger partial charge on any atom is 0.187 e. The largest absolute Gasteiger partial charge is 0.493 e. The molecule has 1 aliphatic heterocycles. The van der Waals surface area contributed by atoms with Crippen LogP contribution < -0.4 is 9.47 Å². The van der Waals surface area contributed by atoms with Crippen molar-refractivity contribution >= 4 is 35.1 Å². The van der Waals surface area contributed by atoms with E-state index >= 15 is 0 Å². The van der Waals surface area contributed by atoms with Crippen molar-refractivity contribution in [3.63, 3.8) is 0 Å². The van der Waals surface area contributed by atoms with Crippen molar-refractivity contribution in [2.24, 2.45) is 0 Å². The molecule has 3 nitrogen and oxygen atoms in total. The Morgan fingerprint density at radius 2 is 2.12 bits per heavy atom. The van der Waals surface area contributed by atoms with E-state index in [4.69, 9.17) is 32.7 Å². The molecule has 130 valence electrons. The Hall–Kier alpha value is -1.97. The number of carbonyl (C=O) groups excluding carboxylic acids is 1. The first kappa shape index (κ1) is 17.8. The van der Waals surface area contributed by atoms with Crippen LogP contribution in [0.5, 0.6) is 11.5 Å². The van der Waals surface area contributed by atoms with Crippen LogP contribution in [-0.2, 0) is 6.42 Å². The summed E-state index contributed by atoms with van der Waals surface area (Å²) in [6.45, 7) is 4.50. The summed E-state index contributed by atoms with van der Waals surface area (Å²) >= 11 is 12.0. The van der Waals surface area contributed by atoms with Gasteiger partial charge >= 0.3 is 0 Å². The van der Waals surface area contributed by atoms with E-state index in [0.29, 0.717) is 22.2 Å². The second kappa shape index (κ2) is 7.51. The summed E-state index contributed by atoms with van der Waals surface area (Å²) in [6.07, 6.45) is 4.20. The molecule has 25 heavy (non-hydrogen) atoms. The zero-order valence-corrected chi connectivity index (χ0v) is 15.5. The third kappa shape index (κ3) is 4.00. The van der Waals surface area contributed by atoms with Gasteiger partial charge in [-0.1, -0.05) is 23.2 Å². The van der Waals surface area contributed by atoms with Gasteiger partial charge in [-0.25, -0.2) is 0 Å². The first-order chi connectivity index (χ1) is 12.0. The Morgan fingerprint density at radius 1 is 1.32 bits per heavy atom. The van der Waals surface area contributed by atoms with Crippen LogP contribution in [0.3, 0.4) is 0 Å². The minimum atomic E-state index is -0.218. The van der Waals surface area contributed by atoms with Gasteiger partial charge in [0.2, 0.25) is 0 Å². The fourth-order valence-corrected chi connectivity index (χ4v) is 3.19. The molecule has 2 aromatic carbocycles. The van der Waals surface area contributed by atoms with Crippen LogP contribution in [0, 0.1) is 0 Å². The quantitative estimate of drug-likeness (QED) is 0.502. The average molecular weight is 377 g/mol. The molecule has 0 amide bonds. The van der Waals surface area contributed by atoms with Crippen LogP contribution in [-0.4, -0.2) is 18.5 Å². The van der Waals surface area contributed by atoms with Gasteiger partial charge in [0.1, 0.15) is 17.6 Å². The molecular weight excluding hydrogens is 359 g/mol. The smallest absolute Gasteiger partial charge is 0.187 e. The molecule has 3 rings (SSSR count). The topological polar surface area (TPSA) is 35.5 Å². The van der Waals surface area contributed by atoms with E-state index < -0.39 is 0 Å². The number of ketones is 1. The summed E-state index contributed by atoms with van der Waals surface area (Å²) in [5.41, 5.74) is 2.29. The summed E-state index contributed by atoms with van der Waals surface area (Å²) < 4.78 is 11.5. The molecule has 1 heterocycles. The van der Waals surface area contributed by atoms with Gasteiger partial charge in [-0.2, -0.15) is 0 Å². The first-order valence-corrected chi connectivity index (χ1v) is 8.87. The SMILES string of the molecule is CCOc1cc2c(cc1/C=C/C(=O)c1cc(Cl)ccc1Cl)O[C@@H](C)C2. The fourth-order valence-electron chi connectivity index (χ4n) is 2.81. The number of ether oxygens (including phenoxy) is 2. The molecule has 0 aliphatic carbocycles. The highest BCUT2D eigenvalue weighted by Gasteiger charge is 2.21. The Balaban J connectivity index is 1.91. The maximum absolute atomic E-state index is 12.4. The number of rotatable bonds is 5. The highest BCUT2D eigenvalue weighted by molar-refractivity contribution is 6.36. The van der Waals surface area contributed by atoms with Gasteiger partial charge in [-0.15, -0.1) is 0 Å². The third-order valence-corrected chi connectivity index (χ3v) is 4.50. The molecule has 0 N–H and O–H groups in total. The zero-order chi connectivity index (χ0) is 18.0. The lowest BCUT2D eigenvalue weighted by Gasteiger charge is -2.10. The van der Waals surface area contributed by atoms with Crippen molar-refractivity contribution in [2.75, 3.05) is 6.61 Å². The second-order valence-electron chi connectivity index (χ2n) is 5.89. The van der Waals surface area contributed by atoms with E-state index in [1.54, 1.807) is 24.3 Å². The van der Waals surface area contributed by atoms with E-state index in [2.05, 4.69) is 0 Å². The third-order valence-electron chi connectivity index (χ3n) is 3.94. The van der Waals surface area contributed by atoms with E-state index in [1.165, 1.54) is 6.08 Å². The minimum Gasteiger partial charge on any atom is -0.493 e. The van der Waals surface area contributed by atoms with Crippen LogP contribution >= 0.6 is 23.2 Å². The number of allylic oxidation sites excluding steroid dienone is 1. The van der Waals surface area contributed by atoms with E-state index in [9.17, 15) is 4.79 Å². The molecule has 0 unspecified atom stereocenters. The number of hydrogen-bond donors (Lipinski definition) is 0. The van der Waals surface area contributed by atoms with Crippen molar-refractivity contribution in [3.05, 3.63) is 63.1 Å². The second-order valence-corrected chi connectivity index (χ2v) is 6.73. The summed E-state index contributed by atoms with van der Waals surface area (Å²) in [5, 5.41) is 0.839. The number of benzene rings is 2. The Kier molecular flexibility index (Phi) is 5.36. The molecule has 0 radical (unpaired) electrons. The monoisotopic (exact) mass is 376 g/mol. The summed E-state index contributed by atoms with van der Waals surface area (Å²) in [6, 6.07) is 8.72. The molecule has 0 spiro atoms. The van der Waals surface area contributed by atoms with Crippen molar-refractivity contribution in [2.45, 2.75) is 26.4 Å². The van der Waals surface area contributed by atoms with Crippen molar-refractivity contribution in [3.8, 4) is 11.5 Å². The lowest BCUT2D eigenvalue weighted by molar-refractivity contribution is 0.104. The summed E-state index contributed by atoms with van der Waals surface area (Å²) in [7, 11) is 0. The van der Waals surface area contributed by atoms with Gasteiger partial charge in [0.05, 0.1) is 11.6 Å². The lowest BCUT2D eigenvalue weighted by Crippen LogP contribution is -2.05. The van der Waals surface area contributed by atoms with Crippen LogP contribution in [0.15, 0.2) is 36.4 Å². The van der Waals surface area contributed by atoms with Crippen LogP contribution in [0.25, 0.3) is 6.08 Å². The number of hydrogen-bond acceptors (Lipinski definition) is 3. The van der Waals surface area contributed by atoms with Crippen molar-refractivity contribution in [1.29, 1.82) is 0 Å². The Labute approximate surface area is 157 Å². The first-order valence-electron chi connectivity index (χ1n) is 8.11. The maximum atomic E-state index is 12.4. The lowest BCUT2D eigenvalue weighted by atomic mass is 10.0. The molecule has 1 atom stereocenters. The van der Waals surface area contributed by atoms with Gasteiger partial charge in [-0.3, -0.25) is 4.79 Å². The molecule has 0 fully saturated rings. The predicted molar refractivity (Wildman–Crippen MR) is 101 cm³/mol. The standard InChI is InChI=1S/C20H18Cl2O3/c1-3-24-19-10-14-8-12(2)25-20(14)9-13(19)4-7-18(23)16-11-15(21)5-6-17(16)22/h4-7,9-12H,3,8H2,1-2H3/b7-4+/t12-/m0/s1. The predicted octanol–water partition coefficient (Wildman–Crippen LogP) is 5.61. The van der Waals surface area contributed by atoms with Crippen molar-refractivity contribution < 1.29 is 14.3 Å². The molecule has 1 aliphatic rings. The zero-order valence-electron chi connectivity index (χ0n) is 14.0. The molecule has 0 saturated carbocycles. The van der Waals surface area contributed by atoms with Crippen LogP contribution in [0.1, 0.15) is 35.3 Å². The molecule has 2 aromatic rings. The highest BCUT2D eigenvalue weighted by atomic mass is 35.5. The summed E-state index contributed by atoms with van der Waals surface area (Å²) in [5.74, 6) is 1.36. The normalized spacial score (nSPS) is 15.9. The Bertz CT molecular complexity index is 843.